The van der Waals surface area contributed by atoms with Crippen LogP contribution >= 0.6 is 0 Å². The molecule has 130 valence electrons. The lowest BCUT2D eigenvalue weighted by atomic mass is 10.1. The molecule has 0 aromatic carbocycles. The predicted molar refractivity (Wildman–Crippen MR) is 60.5 cm³/mol. The highest BCUT2D eigenvalue weighted by molar-refractivity contribution is 5.87. The molecular formula is C12H14F8O2. The van der Waals surface area contributed by atoms with Gasteiger partial charge in [0, 0.05) is 5.57 Å². The molecule has 0 radical (unpaired) electrons. The molecule has 0 atom stereocenters. The molecule has 0 aliphatic heterocycles. The molecule has 22 heavy (non-hydrogen) atoms. The van der Waals surface area contributed by atoms with Crippen LogP contribution in [-0.4, -0.2) is 36.8 Å². The van der Waals surface area contributed by atoms with E-state index in [1.54, 1.807) is 6.92 Å². The van der Waals surface area contributed by atoms with Crippen LogP contribution in [-0.2, 0) is 9.53 Å². The van der Waals surface area contributed by atoms with Gasteiger partial charge in [0.1, 0.15) is 0 Å². The van der Waals surface area contributed by atoms with Gasteiger partial charge in [-0.1, -0.05) is 19.9 Å². The van der Waals surface area contributed by atoms with Crippen LogP contribution in [0.4, 0.5) is 35.1 Å². The highest BCUT2D eigenvalue weighted by Crippen LogP contribution is 2.48. The quantitative estimate of drug-likeness (QED) is 0.352. The van der Waals surface area contributed by atoms with E-state index >= 15 is 0 Å². The number of ether oxygens (including phenoxy) is 1. The normalized spacial score (nSPS) is 13.4. The second-order valence-corrected chi connectivity index (χ2v) is 4.49. The van der Waals surface area contributed by atoms with Crippen LogP contribution in [0.25, 0.3) is 0 Å². The molecule has 10 heteroatoms. The SMILES string of the molecule is C=C(CCCC)C(=O)OCC(F)(F)C(F)(F)C(F)(F)C(F)F. The molecule has 0 saturated carbocycles. The molecule has 0 amide bonds. The topological polar surface area (TPSA) is 26.3 Å². The number of halogens is 8. The van der Waals surface area contributed by atoms with Gasteiger partial charge in [0.2, 0.25) is 0 Å². The Morgan fingerprint density at radius 2 is 1.64 bits per heavy atom. The van der Waals surface area contributed by atoms with Crippen LogP contribution in [0.3, 0.4) is 0 Å². The fourth-order valence-electron chi connectivity index (χ4n) is 1.22. The zero-order valence-electron chi connectivity index (χ0n) is 11.5. The molecule has 0 fully saturated rings. The van der Waals surface area contributed by atoms with Crippen molar-refractivity contribution in [2.45, 2.75) is 50.4 Å². The first-order valence-corrected chi connectivity index (χ1v) is 6.07. The third-order valence-corrected chi connectivity index (χ3v) is 2.66. The monoisotopic (exact) mass is 342 g/mol. The summed E-state index contributed by atoms with van der Waals surface area (Å²) >= 11 is 0. The minimum absolute atomic E-state index is 0.0322. The zero-order valence-corrected chi connectivity index (χ0v) is 11.5. The summed E-state index contributed by atoms with van der Waals surface area (Å²) in [7, 11) is 0. The summed E-state index contributed by atoms with van der Waals surface area (Å²) in [6, 6.07) is 0. The van der Waals surface area contributed by atoms with Crippen LogP contribution in [0.15, 0.2) is 12.2 Å². The van der Waals surface area contributed by atoms with Crippen LogP contribution in [0.2, 0.25) is 0 Å². The summed E-state index contributed by atoms with van der Waals surface area (Å²) in [5.41, 5.74) is -0.318. The Labute approximate surface area is 121 Å². The van der Waals surface area contributed by atoms with Crippen LogP contribution in [0.5, 0.6) is 0 Å². The van der Waals surface area contributed by atoms with E-state index in [1.165, 1.54) is 0 Å². The Hall–Kier alpha value is -1.35. The van der Waals surface area contributed by atoms with Crippen molar-refractivity contribution in [2.75, 3.05) is 6.61 Å². The van der Waals surface area contributed by atoms with Gasteiger partial charge in [0.15, 0.2) is 6.61 Å². The van der Waals surface area contributed by atoms with Crippen molar-refractivity contribution in [1.82, 2.24) is 0 Å². The van der Waals surface area contributed by atoms with Crippen LogP contribution < -0.4 is 0 Å². The molecule has 0 aliphatic carbocycles. The van der Waals surface area contributed by atoms with Gasteiger partial charge < -0.3 is 4.74 Å². The van der Waals surface area contributed by atoms with Crippen molar-refractivity contribution >= 4 is 5.97 Å². The highest BCUT2D eigenvalue weighted by atomic mass is 19.4. The number of rotatable bonds is 9. The fraction of sp³-hybridized carbons (Fsp3) is 0.750. The third-order valence-electron chi connectivity index (χ3n) is 2.66. The second kappa shape index (κ2) is 7.28. The van der Waals surface area contributed by atoms with E-state index in [9.17, 15) is 39.9 Å². The van der Waals surface area contributed by atoms with Crippen molar-refractivity contribution in [3.05, 3.63) is 12.2 Å². The molecule has 0 aliphatic rings. The van der Waals surface area contributed by atoms with Crippen molar-refractivity contribution < 1.29 is 44.7 Å². The molecule has 0 saturated heterocycles. The first-order valence-electron chi connectivity index (χ1n) is 6.07. The largest absolute Gasteiger partial charge is 0.456 e. The summed E-state index contributed by atoms with van der Waals surface area (Å²) in [5.74, 6) is -19.8. The molecule has 0 spiro atoms. The van der Waals surface area contributed by atoms with Crippen molar-refractivity contribution in [1.29, 1.82) is 0 Å². The third kappa shape index (κ3) is 4.33. The van der Waals surface area contributed by atoms with Gasteiger partial charge in [-0.3, -0.25) is 0 Å². The van der Waals surface area contributed by atoms with Gasteiger partial charge >= 0.3 is 30.2 Å². The number of hydrogen-bond acceptors (Lipinski definition) is 2. The average Bonchev–Trinajstić information content (AvgIpc) is 2.41. The maximum absolute atomic E-state index is 13.1. The van der Waals surface area contributed by atoms with E-state index in [0.717, 1.165) is 0 Å². The van der Waals surface area contributed by atoms with E-state index in [0.29, 0.717) is 12.8 Å². The standard InChI is InChI=1S/C12H14F8O2/c1-3-4-5-7(2)8(21)22-6-10(15,16)12(19,20)11(17,18)9(13)14/h9H,2-6H2,1H3. The number of alkyl halides is 8. The lowest BCUT2D eigenvalue weighted by molar-refractivity contribution is -0.344. The van der Waals surface area contributed by atoms with Crippen molar-refractivity contribution in [3.63, 3.8) is 0 Å². The molecule has 0 rings (SSSR count). The molecule has 0 N–H and O–H groups in total. The predicted octanol–water partition coefficient (Wildman–Crippen LogP) is 4.45. The van der Waals surface area contributed by atoms with Gasteiger partial charge in [0.25, 0.3) is 0 Å². The lowest BCUT2D eigenvalue weighted by Crippen LogP contribution is -2.59. The first kappa shape index (κ1) is 20.6. The number of esters is 1. The molecule has 0 aromatic rings. The number of unbranched alkanes of at least 4 members (excludes halogenated alkanes) is 1. The summed E-state index contributed by atoms with van der Waals surface area (Å²) in [6.45, 7) is 2.43. The van der Waals surface area contributed by atoms with E-state index in [-0.39, 0.29) is 12.0 Å². The Morgan fingerprint density at radius 1 is 1.14 bits per heavy atom. The van der Waals surface area contributed by atoms with Gasteiger partial charge in [0.05, 0.1) is 0 Å². The Morgan fingerprint density at radius 3 is 2.05 bits per heavy atom. The molecule has 0 aromatic heterocycles. The van der Waals surface area contributed by atoms with E-state index in [2.05, 4.69) is 11.3 Å². The van der Waals surface area contributed by atoms with Gasteiger partial charge in [-0.25, -0.2) is 13.6 Å². The van der Waals surface area contributed by atoms with Crippen LogP contribution in [0, 0.1) is 0 Å². The van der Waals surface area contributed by atoms with Gasteiger partial charge in [-0.15, -0.1) is 0 Å². The summed E-state index contributed by atoms with van der Waals surface area (Å²) in [5, 5.41) is 0. The average molecular weight is 342 g/mol. The zero-order chi connectivity index (χ0) is 17.8. The van der Waals surface area contributed by atoms with Gasteiger partial charge in [-0.05, 0) is 12.8 Å². The fourth-order valence-corrected chi connectivity index (χ4v) is 1.22. The first-order chi connectivity index (χ1) is 9.81. The molecule has 2 nitrogen and oxygen atoms in total. The Balaban J connectivity index is 4.90. The smallest absolute Gasteiger partial charge is 0.381 e. The maximum atomic E-state index is 13.1. The number of hydrogen-bond donors (Lipinski definition) is 0. The van der Waals surface area contributed by atoms with Gasteiger partial charge in [-0.2, -0.15) is 26.3 Å². The van der Waals surface area contributed by atoms with Crippen LogP contribution in [0.1, 0.15) is 26.2 Å². The van der Waals surface area contributed by atoms with E-state index in [4.69, 9.17) is 0 Å². The highest BCUT2D eigenvalue weighted by Gasteiger charge is 2.75. The van der Waals surface area contributed by atoms with E-state index in [1.807, 2.05) is 0 Å². The maximum Gasteiger partial charge on any atom is 0.381 e. The molecule has 0 unspecified atom stereocenters. The molecule has 0 heterocycles. The Bertz CT molecular complexity index is 406. The number of carbonyl (C=O) groups excluding carboxylic acids is 1. The minimum atomic E-state index is -6.39. The lowest BCUT2D eigenvalue weighted by Gasteiger charge is -2.31. The summed E-state index contributed by atoms with van der Waals surface area (Å²) in [6.07, 6.45) is -3.93. The van der Waals surface area contributed by atoms with Crippen molar-refractivity contribution in [2.24, 2.45) is 0 Å². The van der Waals surface area contributed by atoms with E-state index < -0.39 is 36.8 Å². The molecule has 0 bridgehead atoms. The Kier molecular flexibility index (Phi) is 6.83. The minimum Gasteiger partial charge on any atom is -0.456 e. The summed E-state index contributed by atoms with van der Waals surface area (Å²) < 4.78 is 104. The molecular weight excluding hydrogens is 328 g/mol. The van der Waals surface area contributed by atoms with Crippen molar-refractivity contribution in [3.8, 4) is 0 Å². The summed E-state index contributed by atoms with van der Waals surface area (Å²) in [4.78, 5) is 11.2. The second-order valence-electron chi connectivity index (χ2n) is 4.49. The number of carbonyl (C=O) groups is 1.